The van der Waals surface area contributed by atoms with Gasteiger partial charge in [0.25, 0.3) is 0 Å². The number of ether oxygens (including phenoxy) is 1. The molecular weight excluding hydrogens is 304 g/mol. The molecule has 0 spiro atoms. The van der Waals surface area contributed by atoms with Crippen molar-refractivity contribution < 1.29 is 9.53 Å². The van der Waals surface area contributed by atoms with Crippen LogP contribution in [0.3, 0.4) is 0 Å². The molecule has 6 nitrogen and oxygen atoms in total. The van der Waals surface area contributed by atoms with Crippen molar-refractivity contribution in [1.29, 1.82) is 0 Å². The number of nitrogens with zero attached hydrogens (tertiary/aromatic N) is 2. The number of hydrogen-bond donors (Lipinski definition) is 2. The highest BCUT2D eigenvalue weighted by Crippen LogP contribution is 2.25. The van der Waals surface area contributed by atoms with E-state index in [0.717, 1.165) is 50.2 Å². The topological polar surface area (TPSA) is 60.6 Å². The molecule has 6 heteroatoms. The Labute approximate surface area is 141 Å². The van der Waals surface area contributed by atoms with Crippen molar-refractivity contribution in [3.63, 3.8) is 0 Å². The number of fused-ring (bicyclic) bond motifs is 1. The summed E-state index contributed by atoms with van der Waals surface area (Å²) in [7, 11) is 0. The third-order valence-electron chi connectivity index (χ3n) is 5.15. The van der Waals surface area contributed by atoms with Gasteiger partial charge in [-0.1, -0.05) is 12.1 Å². The fraction of sp³-hybridized carbons (Fsp3) is 0.500. The number of amides is 1. The summed E-state index contributed by atoms with van der Waals surface area (Å²) in [5.41, 5.74) is 0.982. The van der Waals surface area contributed by atoms with E-state index in [0.29, 0.717) is 11.8 Å². The number of piperidine rings is 1. The Kier molecular flexibility index (Phi) is 4.40. The summed E-state index contributed by atoms with van der Waals surface area (Å²) in [6, 6.07) is 8.52. The number of carbonyl (C=O) groups is 1. The predicted octanol–water partition coefficient (Wildman–Crippen LogP) is 2.04. The van der Waals surface area contributed by atoms with Crippen LogP contribution >= 0.6 is 0 Å². The number of benzene rings is 1. The van der Waals surface area contributed by atoms with Crippen molar-refractivity contribution in [3.8, 4) is 5.75 Å². The zero-order valence-corrected chi connectivity index (χ0v) is 13.8. The lowest BCUT2D eigenvalue weighted by Crippen LogP contribution is -2.54. The van der Waals surface area contributed by atoms with Crippen LogP contribution in [0.25, 0.3) is 10.9 Å². The zero-order valence-electron chi connectivity index (χ0n) is 13.8. The SMILES string of the molecule is O=C(Oc1c[nH]c2ccccc12)N1CCN(C2CCNCC2)CC1. The van der Waals surface area contributed by atoms with Crippen LogP contribution in [0.15, 0.2) is 30.5 Å². The number of piperazine rings is 1. The first-order valence-electron chi connectivity index (χ1n) is 8.79. The molecule has 3 heterocycles. The van der Waals surface area contributed by atoms with Crippen LogP contribution in [0.1, 0.15) is 12.8 Å². The molecule has 1 aromatic heterocycles. The lowest BCUT2D eigenvalue weighted by atomic mass is 10.0. The fourth-order valence-corrected chi connectivity index (χ4v) is 3.73. The lowest BCUT2D eigenvalue weighted by Gasteiger charge is -2.40. The first kappa shape index (κ1) is 15.5. The summed E-state index contributed by atoms with van der Waals surface area (Å²) in [4.78, 5) is 19.9. The maximum atomic E-state index is 12.5. The Balaban J connectivity index is 1.34. The molecule has 2 fully saturated rings. The minimum atomic E-state index is -0.246. The average Bonchev–Trinajstić information content (AvgIpc) is 3.06. The molecule has 2 aliphatic rings. The number of para-hydroxylation sites is 1. The van der Waals surface area contributed by atoms with E-state index < -0.39 is 0 Å². The van der Waals surface area contributed by atoms with Gasteiger partial charge in [0.2, 0.25) is 0 Å². The van der Waals surface area contributed by atoms with E-state index >= 15 is 0 Å². The van der Waals surface area contributed by atoms with E-state index in [-0.39, 0.29) is 6.09 Å². The highest BCUT2D eigenvalue weighted by atomic mass is 16.6. The second-order valence-corrected chi connectivity index (χ2v) is 6.57. The van der Waals surface area contributed by atoms with Gasteiger partial charge in [0.05, 0.1) is 0 Å². The molecule has 0 saturated carbocycles. The molecule has 24 heavy (non-hydrogen) atoms. The smallest absolute Gasteiger partial charge is 0.408 e. The highest BCUT2D eigenvalue weighted by Gasteiger charge is 2.28. The standard InChI is InChI=1S/C18H24N4O2/c23-18(24-17-13-20-16-4-2-1-3-15(16)17)22-11-9-21(10-12-22)14-5-7-19-8-6-14/h1-4,13-14,19-20H,5-12H2. The van der Waals surface area contributed by atoms with Crippen LogP contribution in [-0.4, -0.2) is 66.2 Å². The molecule has 0 atom stereocenters. The summed E-state index contributed by atoms with van der Waals surface area (Å²) < 4.78 is 5.62. The third-order valence-corrected chi connectivity index (χ3v) is 5.15. The van der Waals surface area contributed by atoms with Crippen molar-refractivity contribution >= 4 is 17.0 Å². The molecule has 0 radical (unpaired) electrons. The van der Waals surface area contributed by atoms with Crippen molar-refractivity contribution in [2.75, 3.05) is 39.3 Å². The van der Waals surface area contributed by atoms with Gasteiger partial charge in [-0.25, -0.2) is 4.79 Å². The molecule has 2 N–H and O–H groups in total. The summed E-state index contributed by atoms with van der Waals surface area (Å²) in [6.07, 6.45) is 3.93. The second kappa shape index (κ2) is 6.83. The van der Waals surface area contributed by atoms with E-state index in [2.05, 4.69) is 15.2 Å². The summed E-state index contributed by atoms with van der Waals surface area (Å²) >= 11 is 0. The number of carbonyl (C=O) groups excluding carboxylic acids is 1. The zero-order chi connectivity index (χ0) is 16.4. The second-order valence-electron chi connectivity index (χ2n) is 6.57. The molecule has 4 rings (SSSR count). The number of aromatic nitrogens is 1. The lowest BCUT2D eigenvalue weighted by molar-refractivity contribution is 0.0788. The van der Waals surface area contributed by atoms with Gasteiger partial charge in [0, 0.05) is 49.3 Å². The molecule has 1 aromatic carbocycles. The van der Waals surface area contributed by atoms with E-state index in [4.69, 9.17) is 4.74 Å². The van der Waals surface area contributed by atoms with E-state index in [1.54, 1.807) is 6.20 Å². The van der Waals surface area contributed by atoms with Crippen LogP contribution in [-0.2, 0) is 0 Å². The highest BCUT2D eigenvalue weighted by molar-refractivity contribution is 5.88. The molecular formula is C18H24N4O2. The number of H-pyrrole nitrogens is 1. The first-order valence-corrected chi connectivity index (χ1v) is 8.79. The Hall–Kier alpha value is -2.05. The van der Waals surface area contributed by atoms with Gasteiger partial charge >= 0.3 is 6.09 Å². The number of aromatic amines is 1. The Bertz CT molecular complexity index is 700. The first-order chi connectivity index (χ1) is 11.8. The summed E-state index contributed by atoms with van der Waals surface area (Å²) in [5.74, 6) is 0.608. The Morgan fingerprint density at radius 2 is 1.83 bits per heavy atom. The monoisotopic (exact) mass is 328 g/mol. The minimum absolute atomic E-state index is 0.246. The van der Waals surface area contributed by atoms with Crippen molar-refractivity contribution in [1.82, 2.24) is 20.1 Å². The molecule has 0 unspecified atom stereocenters. The van der Waals surface area contributed by atoms with Gasteiger partial charge in [0.1, 0.15) is 0 Å². The van der Waals surface area contributed by atoms with Crippen molar-refractivity contribution in [2.45, 2.75) is 18.9 Å². The predicted molar refractivity (Wildman–Crippen MR) is 93.4 cm³/mol. The van der Waals surface area contributed by atoms with Crippen LogP contribution in [0.2, 0.25) is 0 Å². The molecule has 0 aliphatic carbocycles. The number of rotatable bonds is 2. The summed E-state index contributed by atoms with van der Waals surface area (Å²) in [6.45, 7) is 5.57. The van der Waals surface area contributed by atoms with E-state index in [9.17, 15) is 4.79 Å². The maximum absolute atomic E-state index is 12.5. The average molecular weight is 328 g/mol. The molecule has 2 aliphatic heterocycles. The van der Waals surface area contributed by atoms with E-state index in [1.807, 2.05) is 29.2 Å². The van der Waals surface area contributed by atoms with E-state index in [1.165, 1.54) is 12.8 Å². The minimum Gasteiger partial charge on any atom is -0.408 e. The van der Waals surface area contributed by atoms with Gasteiger partial charge in [0.15, 0.2) is 5.75 Å². The largest absolute Gasteiger partial charge is 0.415 e. The van der Waals surface area contributed by atoms with Crippen LogP contribution in [0.4, 0.5) is 4.79 Å². The molecule has 128 valence electrons. The van der Waals surface area contributed by atoms with Gasteiger partial charge in [-0.15, -0.1) is 0 Å². The number of nitrogens with one attached hydrogen (secondary N) is 2. The quantitative estimate of drug-likeness (QED) is 0.886. The maximum Gasteiger partial charge on any atom is 0.415 e. The molecule has 2 aromatic rings. The molecule has 1 amide bonds. The fourth-order valence-electron chi connectivity index (χ4n) is 3.73. The summed E-state index contributed by atoms with van der Waals surface area (Å²) in [5, 5.41) is 4.35. The normalized spacial score (nSPS) is 20.4. The Morgan fingerprint density at radius 3 is 2.62 bits per heavy atom. The van der Waals surface area contributed by atoms with Gasteiger partial charge in [-0.05, 0) is 38.1 Å². The van der Waals surface area contributed by atoms with Gasteiger partial charge < -0.3 is 19.9 Å². The van der Waals surface area contributed by atoms with Crippen LogP contribution in [0, 0.1) is 0 Å². The Morgan fingerprint density at radius 1 is 1.08 bits per heavy atom. The number of hydrogen-bond acceptors (Lipinski definition) is 4. The molecule has 2 saturated heterocycles. The van der Waals surface area contributed by atoms with Gasteiger partial charge in [-0.2, -0.15) is 0 Å². The molecule has 0 bridgehead atoms. The van der Waals surface area contributed by atoms with Crippen LogP contribution in [0.5, 0.6) is 5.75 Å². The van der Waals surface area contributed by atoms with Crippen molar-refractivity contribution in [2.24, 2.45) is 0 Å². The van der Waals surface area contributed by atoms with Crippen LogP contribution < -0.4 is 10.1 Å². The van der Waals surface area contributed by atoms with Crippen molar-refractivity contribution in [3.05, 3.63) is 30.5 Å². The van der Waals surface area contributed by atoms with Gasteiger partial charge in [-0.3, -0.25) is 4.90 Å². The third kappa shape index (κ3) is 3.12.